The van der Waals surface area contributed by atoms with Crippen LogP contribution in [0.3, 0.4) is 0 Å². The highest BCUT2D eigenvalue weighted by Crippen LogP contribution is 2.31. The second-order valence-electron chi connectivity index (χ2n) is 13.4. The van der Waals surface area contributed by atoms with Crippen molar-refractivity contribution >= 4 is 29.5 Å². The molecule has 298 valence electrons. The van der Waals surface area contributed by atoms with Crippen molar-refractivity contribution in [2.45, 2.75) is 44.9 Å². The molecule has 56 heavy (non-hydrogen) atoms. The number of rotatable bonds is 14. The first-order chi connectivity index (χ1) is 26.6. The first kappa shape index (κ1) is 41.6. The predicted octanol–water partition coefficient (Wildman–Crippen LogP) is 7.31. The largest absolute Gasteiger partial charge is 0.454 e. The average molecular weight is 785 g/mol. The van der Waals surface area contributed by atoms with Gasteiger partial charge in [-0.2, -0.15) is 26.3 Å². The number of benzene rings is 3. The molecule has 1 unspecified atom stereocenters. The Morgan fingerprint density at radius 2 is 1.48 bits per heavy atom. The van der Waals surface area contributed by atoms with Gasteiger partial charge in [0.1, 0.15) is 18.4 Å². The van der Waals surface area contributed by atoms with Crippen LogP contribution in [0, 0.1) is 0 Å². The Morgan fingerprint density at radius 1 is 0.821 bits per heavy atom. The second-order valence-corrected chi connectivity index (χ2v) is 13.4. The Balaban J connectivity index is 1.37. The van der Waals surface area contributed by atoms with Gasteiger partial charge >= 0.3 is 12.4 Å². The smallest absolute Gasteiger partial charge is 0.449 e. The fourth-order valence-electron chi connectivity index (χ4n) is 6.19. The Labute approximate surface area is 320 Å². The van der Waals surface area contributed by atoms with Crippen LogP contribution in [-0.4, -0.2) is 84.8 Å². The summed E-state index contributed by atoms with van der Waals surface area (Å²) in [4.78, 5) is 46.9. The molecule has 1 aliphatic heterocycles. The first-order valence-electron chi connectivity index (χ1n) is 17.9. The SMILES string of the molecule is CC(=O)N1CCN(c2ccc(CN(C(=O)C=Cc3ccc(C(F)(F)F)cc3)C(Cc3ccccc3)C(=O)N(C)CCOCc3ccc(C(F)(F)F)o3)cc2)CC1. The molecule has 0 saturated carbocycles. The molecule has 3 amide bonds. The van der Waals surface area contributed by atoms with Gasteiger partial charge in [0.25, 0.3) is 0 Å². The van der Waals surface area contributed by atoms with Crippen LogP contribution in [-0.2, 0) is 51.0 Å². The van der Waals surface area contributed by atoms with E-state index >= 15 is 0 Å². The molecule has 1 saturated heterocycles. The number of ether oxygens (including phenoxy) is 1. The van der Waals surface area contributed by atoms with E-state index in [0.29, 0.717) is 37.3 Å². The maximum absolute atomic E-state index is 14.3. The van der Waals surface area contributed by atoms with E-state index in [1.54, 1.807) is 24.0 Å². The van der Waals surface area contributed by atoms with Gasteiger partial charge < -0.3 is 28.8 Å². The molecular formula is C41H42F6N4O5. The zero-order valence-corrected chi connectivity index (χ0v) is 30.9. The predicted molar refractivity (Wildman–Crippen MR) is 197 cm³/mol. The number of halogens is 6. The van der Waals surface area contributed by atoms with E-state index in [1.807, 2.05) is 42.5 Å². The first-order valence-corrected chi connectivity index (χ1v) is 17.9. The molecule has 2 heterocycles. The van der Waals surface area contributed by atoms with Crippen molar-refractivity contribution in [1.82, 2.24) is 14.7 Å². The van der Waals surface area contributed by atoms with Crippen molar-refractivity contribution in [3.63, 3.8) is 0 Å². The van der Waals surface area contributed by atoms with Crippen molar-refractivity contribution < 1.29 is 49.9 Å². The van der Waals surface area contributed by atoms with Gasteiger partial charge in [0.15, 0.2) is 0 Å². The van der Waals surface area contributed by atoms with Crippen LogP contribution < -0.4 is 4.90 Å². The zero-order valence-electron chi connectivity index (χ0n) is 30.9. The highest BCUT2D eigenvalue weighted by Gasteiger charge is 2.35. The standard InChI is InChI=1S/C41H42F6N4O5/c1-29(52)49-20-22-50(23-21-49)34-15-10-32(11-16-34)27-51(38(53)19-12-30-8-13-33(14-9-30)40(42,43)44)36(26-31-6-4-3-5-7-31)39(54)48(2)24-25-55-28-35-17-18-37(56-35)41(45,46)47/h3-19,36H,20-28H2,1-2H3. The van der Waals surface area contributed by atoms with Gasteiger partial charge in [0.2, 0.25) is 23.5 Å². The number of carbonyl (C=O) groups is 3. The molecule has 3 aromatic carbocycles. The number of hydrogen-bond donors (Lipinski definition) is 0. The molecule has 0 bridgehead atoms. The maximum atomic E-state index is 14.3. The lowest BCUT2D eigenvalue weighted by atomic mass is 10.0. The van der Waals surface area contributed by atoms with Gasteiger partial charge in [-0.25, -0.2) is 0 Å². The third kappa shape index (κ3) is 11.5. The van der Waals surface area contributed by atoms with Crippen LogP contribution in [0.1, 0.15) is 40.7 Å². The highest BCUT2D eigenvalue weighted by molar-refractivity contribution is 5.95. The molecule has 1 atom stereocenters. The number of amides is 3. The van der Waals surface area contributed by atoms with E-state index < -0.39 is 41.5 Å². The summed E-state index contributed by atoms with van der Waals surface area (Å²) in [5, 5.41) is 0. The van der Waals surface area contributed by atoms with Crippen molar-refractivity contribution in [3.05, 3.63) is 131 Å². The molecular weight excluding hydrogens is 742 g/mol. The van der Waals surface area contributed by atoms with Crippen LogP contribution >= 0.6 is 0 Å². The number of hydrogen-bond acceptors (Lipinski definition) is 6. The number of alkyl halides is 6. The number of anilines is 1. The summed E-state index contributed by atoms with van der Waals surface area (Å²) in [5.74, 6) is -2.16. The minimum atomic E-state index is -4.64. The summed E-state index contributed by atoms with van der Waals surface area (Å²) in [7, 11) is 1.53. The molecule has 9 nitrogen and oxygen atoms in total. The van der Waals surface area contributed by atoms with Crippen LogP contribution in [0.25, 0.3) is 6.08 Å². The lowest BCUT2D eigenvalue weighted by Crippen LogP contribution is -2.51. The van der Waals surface area contributed by atoms with Gasteiger partial charge in [-0.15, -0.1) is 0 Å². The molecule has 0 spiro atoms. The number of carbonyl (C=O) groups excluding carboxylic acids is 3. The molecule has 1 aromatic heterocycles. The van der Waals surface area contributed by atoms with Gasteiger partial charge in [-0.05, 0) is 59.2 Å². The number of likely N-dealkylation sites (N-methyl/N-ethyl adjacent to an activating group) is 1. The van der Waals surface area contributed by atoms with Crippen molar-refractivity contribution in [1.29, 1.82) is 0 Å². The normalized spacial score (nSPS) is 14.2. The third-order valence-corrected chi connectivity index (χ3v) is 9.38. The topological polar surface area (TPSA) is 86.5 Å². The molecule has 1 aliphatic rings. The van der Waals surface area contributed by atoms with Crippen molar-refractivity contribution in [3.8, 4) is 0 Å². The molecule has 4 aromatic rings. The fraction of sp³-hybridized carbons (Fsp3) is 0.341. The lowest BCUT2D eigenvalue weighted by Gasteiger charge is -2.36. The Bertz CT molecular complexity index is 1940. The van der Waals surface area contributed by atoms with E-state index in [0.717, 1.165) is 35.5 Å². The van der Waals surface area contributed by atoms with Crippen LogP contribution in [0.2, 0.25) is 0 Å². The molecule has 1 fully saturated rings. The number of nitrogens with zero attached hydrogens (tertiary/aromatic N) is 4. The molecule has 5 rings (SSSR count). The maximum Gasteiger partial charge on any atom is 0.449 e. The number of piperazine rings is 1. The van der Waals surface area contributed by atoms with Crippen molar-refractivity contribution in [2.75, 3.05) is 51.3 Å². The summed E-state index contributed by atoms with van der Waals surface area (Å²) in [6, 6.07) is 21.9. The molecule has 0 radical (unpaired) electrons. The van der Waals surface area contributed by atoms with Gasteiger partial charge in [0.05, 0.1) is 12.2 Å². The van der Waals surface area contributed by atoms with E-state index in [1.165, 1.54) is 41.1 Å². The van der Waals surface area contributed by atoms with E-state index in [4.69, 9.17) is 9.15 Å². The van der Waals surface area contributed by atoms with Crippen LogP contribution in [0.5, 0.6) is 0 Å². The minimum absolute atomic E-state index is 0.00217. The van der Waals surface area contributed by atoms with Crippen molar-refractivity contribution in [2.24, 2.45) is 0 Å². The minimum Gasteiger partial charge on any atom is -0.454 e. The highest BCUT2D eigenvalue weighted by atomic mass is 19.4. The zero-order chi connectivity index (χ0) is 40.5. The lowest BCUT2D eigenvalue weighted by molar-refractivity contribution is -0.154. The molecule has 15 heteroatoms. The summed E-state index contributed by atoms with van der Waals surface area (Å²) in [6.45, 7) is 3.76. The average Bonchev–Trinajstić information content (AvgIpc) is 3.67. The second kappa shape index (κ2) is 18.4. The van der Waals surface area contributed by atoms with Crippen LogP contribution in [0.15, 0.2) is 101 Å². The molecule has 0 N–H and O–H groups in total. The third-order valence-electron chi connectivity index (χ3n) is 9.38. The molecule has 0 aliphatic carbocycles. The summed E-state index contributed by atoms with van der Waals surface area (Å²) >= 11 is 0. The Kier molecular flexibility index (Phi) is 13.6. The Morgan fingerprint density at radius 3 is 2.07 bits per heavy atom. The fourth-order valence-corrected chi connectivity index (χ4v) is 6.19. The van der Waals surface area contributed by atoms with E-state index in [2.05, 4.69) is 4.90 Å². The summed E-state index contributed by atoms with van der Waals surface area (Å²) in [5.41, 5.74) is 1.92. The summed E-state index contributed by atoms with van der Waals surface area (Å²) < 4.78 is 88.6. The number of furan rings is 1. The van der Waals surface area contributed by atoms with Gasteiger partial charge in [0, 0.05) is 71.4 Å². The van der Waals surface area contributed by atoms with Crippen LogP contribution in [0.4, 0.5) is 32.0 Å². The van der Waals surface area contributed by atoms with Gasteiger partial charge in [-0.3, -0.25) is 14.4 Å². The Hall–Kier alpha value is -5.57. The van der Waals surface area contributed by atoms with E-state index in [9.17, 15) is 40.7 Å². The van der Waals surface area contributed by atoms with E-state index in [-0.39, 0.29) is 44.4 Å². The summed E-state index contributed by atoms with van der Waals surface area (Å²) in [6.07, 6.45) is -6.43. The van der Waals surface area contributed by atoms with Gasteiger partial charge in [-0.1, -0.05) is 54.6 Å². The quantitative estimate of drug-likeness (QED) is 0.0758. The monoisotopic (exact) mass is 784 g/mol.